The van der Waals surface area contributed by atoms with Gasteiger partial charge < -0.3 is 10.2 Å². The van der Waals surface area contributed by atoms with Gasteiger partial charge in [0.25, 0.3) is 5.91 Å². The summed E-state index contributed by atoms with van der Waals surface area (Å²) in [6.07, 6.45) is 4.13. The fourth-order valence-corrected chi connectivity index (χ4v) is 4.04. The van der Waals surface area contributed by atoms with Crippen LogP contribution in [0.25, 0.3) is 10.2 Å². The normalized spacial score (nSPS) is 28.7. The van der Waals surface area contributed by atoms with Gasteiger partial charge in [0.15, 0.2) is 5.69 Å². The van der Waals surface area contributed by atoms with E-state index >= 15 is 0 Å². The molecule has 3 fully saturated rings. The van der Waals surface area contributed by atoms with E-state index in [1.807, 2.05) is 12.1 Å². The SMILES string of the molecule is O=C(NC1CN2CCC1CC2)c1nsc2ncccc12. The van der Waals surface area contributed by atoms with Gasteiger partial charge in [-0.2, -0.15) is 4.37 Å². The lowest BCUT2D eigenvalue weighted by Gasteiger charge is -2.44. The van der Waals surface area contributed by atoms with Crippen molar-refractivity contribution in [2.75, 3.05) is 19.6 Å². The molecule has 2 aromatic rings. The molecular weight excluding hydrogens is 272 g/mol. The molecule has 0 saturated carbocycles. The minimum atomic E-state index is -0.0528. The van der Waals surface area contributed by atoms with Gasteiger partial charge in [0.1, 0.15) is 4.83 Å². The van der Waals surface area contributed by atoms with Crippen molar-refractivity contribution in [3.8, 4) is 0 Å². The number of carbonyl (C=O) groups excluding carboxylic acids is 1. The molecular formula is C14H16N4OS. The number of amides is 1. The zero-order chi connectivity index (χ0) is 13.5. The Morgan fingerprint density at radius 1 is 1.40 bits per heavy atom. The van der Waals surface area contributed by atoms with Gasteiger partial charge >= 0.3 is 0 Å². The molecule has 2 bridgehead atoms. The zero-order valence-corrected chi connectivity index (χ0v) is 11.9. The molecule has 6 heteroatoms. The van der Waals surface area contributed by atoms with Gasteiger partial charge in [-0.3, -0.25) is 4.79 Å². The molecule has 1 amide bonds. The first kappa shape index (κ1) is 12.2. The Balaban J connectivity index is 1.56. The first-order valence-corrected chi connectivity index (χ1v) is 7.82. The Morgan fingerprint density at radius 3 is 3.00 bits per heavy atom. The number of pyridine rings is 1. The summed E-state index contributed by atoms with van der Waals surface area (Å²) in [6.45, 7) is 3.35. The van der Waals surface area contributed by atoms with Crippen LogP contribution < -0.4 is 5.32 Å². The summed E-state index contributed by atoms with van der Waals surface area (Å²) >= 11 is 1.29. The molecule has 104 valence electrons. The molecule has 0 spiro atoms. The average molecular weight is 288 g/mol. The fourth-order valence-electron chi connectivity index (χ4n) is 3.31. The van der Waals surface area contributed by atoms with Crippen LogP contribution in [0.2, 0.25) is 0 Å². The van der Waals surface area contributed by atoms with Gasteiger partial charge in [-0.1, -0.05) is 0 Å². The van der Waals surface area contributed by atoms with Crippen molar-refractivity contribution in [3.63, 3.8) is 0 Å². The second-order valence-electron chi connectivity index (χ2n) is 5.61. The number of fused-ring (bicyclic) bond motifs is 4. The monoisotopic (exact) mass is 288 g/mol. The molecule has 3 saturated heterocycles. The number of hydrogen-bond donors (Lipinski definition) is 1. The third-order valence-corrected chi connectivity index (χ3v) is 5.21. The summed E-state index contributed by atoms with van der Waals surface area (Å²) in [4.78, 5) is 19.9. The third kappa shape index (κ3) is 1.99. The number of hydrogen-bond acceptors (Lipinski definition) is 5. The van der Waals surface area contributed by atoms with Crippen molar-refractivity contribution < 1.29 is 4.79 Å². The van der Waals surface area contributed by atoms with Crippen molar-refractivity contribution >= 4 is 27.7 Å². The smallest absolute Gasteiger partial charge is 0.271 e. The highest BCUT2D eigenvalue weighted by molar-refractivity contribution is 7.13. The molecule has 0 aromatic carbocycles. The summed E-state index contributed by atoms with van der Waals surface area (Å²) in [5.74, 6) is 0.579. The molecule has 2 aromatic heterocycles. The maximum absolute atomic E-state index is 12.5. The summed E-state index contributed by atoms with van der Waals surface area (Å²) in [6, 6.07) is 4.04. The Bertz CT molecular complexity index is 647. The Morgan fingerprint density at radius 2 is 2.25 bits per heavy atom. The molecule has 3 aliphatic rings. The van der Waals surface area contributed by atoms with Gasteiger partial charge in [-0.15, -0.1) is 0 Å². The molecule has 0 radical (unpaired) electrons. The Labute approximate surface area is 121 Å². The number of carbonyl (C=O) groups is 1. The van der Waals surface area contributed by atoms with Gasteiger partial charge in [0, 0.05) is 24.2 Å². The van der Waals surface area contributed by atoms with E-state index in [4.69, 9.17) is 0 Å². The van der Waals surface area contributed by atoms with Crippen LogP contribution in [0.1, 0.15) is 23.3 Å². The quantitative estimate of drug-likeness (QED) is 0.910. The van der Waals surface area contributed by atoms with Crippen LogP contribution in [-0.4, -0.2) is 45.8 Å². The van der Waals surface area contributed by atoms with Crippen molar-refractivity contribution in [2.24, 2.45) is 5.92 Å². The van der Waals surface area contributed by atoms with Crippen molar-refractivity contribution in [1.82, 2.24) is 19.6 Å². The predicted octanol–water partition coefficient (Wildman–Crippen LogP) is 1.52. The van der Waals surface area contributed by atoms with E-state index in [-0.39, 0.29) is 11.9 Å². The highest BCUT2D eigenvalue weighted by Gasteiger charge is 2.35. The van der Waals surface area contributed by atoms with Crippen LogP contribution in [0.5, 0.6) is 0 Å². The Hall–Kier alpha value is -1.53. The number of aromatic nitrogens is 2. The third-order valence-electron chi connectivity index (χ3n) is 4.44. The molecule has 1 N–H and O–H groups in total. The van der Waals surface area contributed by atoms with E-state index in [1.165, 1.54) is 37.5 Å². The van der Waals surface area contributed by atoms with E-state index in [1.54, 1.807) is 6.20 Å². The molecule has 3 aliphatic heterocycles. The van der Waals surface area contributed by atoms with Gasteiger partial charge in [-0.05, 0) is 55.5 Å². The molecule has 1 unspecified atom stereocenters. The van der Waals surface area contributed by atoms with Gasteiger partial charge in [0.05, 0.1) is 0 Å². The summed E-state index contributed by atoms with van der Waals surface area (Å²) in [7, 11) is 0. The number of piperidine rings is 3. The maximum Gasteiger partial charge on any atom is 0.271 e. The predicted molar refractivity (Wildman–Crippen MR) is 77.8 cm³/mol. The van der Waals surface area contributed by atoms with Gasteiger partial charge in [-0.25, -0.2) is 4.98 Å². The molecule has 5 nitrogen and oxygen atoms in total. The number of rotatable bonds is 2. The topological polar surface area (TPSA) is 58.1 Å². The standard InChI is InChI=1S/C14H16N4OS/c19-13(12-10-2-1-5-15-14(10)20-17-12)16-11-8-18-6-3-9(11)4-7-18/h1-2,5,9,11H,3-4,6-8H2,(H,16,19). The maximum atomic E-state index is 12.5. The highest BCUT2D eigenvalue weighted by Crippen LogP contribution is 2.28. The molecule has 5 heterocycles. The lowest BCUT2D eigenvalue weighted by molar-refractivity contribution is 0.0619. The van der Waals surface area contributed by atoms with Crippen LogP contribution in [0, 0.1) is 5.92 Å². The molecule has 20 heavy (non-hydrogen) atoms. The summed E-state index contributed by atoms with van der Waals surface area (Å²) in [5, 5.41) is 4.04. The highest BCUT2D eigenvalue weighted by atomic mass is 32.1. The average Bonchev–Trinajstić information content (AvgIpc) is 2.92. The first-order valence-electron chi connectivity index (χ1n) is 7.05. The van der Waals surface area contributed by atoms with Crippen LogP contribution >= 0.6 is 11.5 Å². The van der Waals surface area contributed by atoms with Crippen LogP contribution in [0.3, 0.4) is 0 Å². The van der Waals surface area contributed by atoms with E-state index in [9.17, 15) is 4.79 Å². The largest absolute Gasteiger partial charge is 0.346 e. The Kier molecular flexibility index (Phi) is 2.93. The number of nitrogens with one attached hydrogen (secondary N) is 1. The second kappa shape index (κ2) is 4.79. The van der Waals surface area contributed by atoms with Crippen LogP contribution in [-0.2, 0) is 0 Å². The summed E-state index contributed by atoms with van der Waals surface area (Å²) < 4.78 is 4.28. The van der Waals surface area contributed by atoms with E-state index in [0.29, 0.717) is 11.6 Å². The van der Waals surface area contributed by atoms with E-state index in [2.05, 4.69) is 19.6 Å². The minimum Gasteiger partial charge on any atom is -0.346 e. The lowest BCUT2D eigenvalue weighted by atomic mass is 9.84. The van der Waals surface area contributed by atoms with Crippen LogP contribution in [0.15, 0.2) is 18.3 Å². The van der Waals surface area contributed by atoms with E-state index < -0.39 is 0 Å². The zero-order valence-electron chi connectivity index (χ0n) is 11.1. The van der Waals surface area contributed by atoms with Gasteiger partial charge in [0.2, 0.25) is 0 Å². The fraction of sp³-hybridized carbons (Fsp3) is 0.500. The van der Waals surface area contributed by atoms with Crippen molar-refractivity contribution in [1.29, 1.82) is 0 Å². The van der Waals surface area contributed by atoms with Crippen molar-refractivity contribution in [3.05, 3.63) is 24.0 Å². The number of nitrogens with zero attached hydrogens (tertiary/aromatic N) is 3. The van der Waals surface area contributed by atoms with E-state index in [0.717, 1.165) is 16.8 Å². The first-order chi connectivity index (χ1) is 9.81. The summed E-state index contributed by atoms with van der Waals surface area (Å²) in [5.41, 5.74) is 0.523. The molecule has 1 atom stereocenters. The minimum absolute atomic E-state index is 0.0528. The molecule has 0 aliphatic carbocycles. The van der Waals surface area contributed by atoms with Crippen LogP contribution in [0.4, 0.5) is 0 Å². The molecule has 5 rings (SSSR count). The second-order valence-corrected chi connectivity index (χ2v) is 6.36. The lowest BCUT2D eigenvalue weighted by Crippen LogP contribution is -2.57. The van der Waals surface area contributed by atoms with Crippen molar-refractivity contribution in [2.45, 2.75) is 18.9 Å².